The Morgan fingerprint density at radius 2 is 1.83 bits per heavy atom. The summed E-state index contributed by atoms with van der Waals surface area (Å²) < 4.78 is 0. The van der Waals surface area contributed by atoms with Crippen LogP contribution in [0.5, 0.6) is 0 Å². The van der Waals surface area contributed by atoms with Gasteiger partial charge in [-0.2, -0.15) is 0 Å². The maximum atomic E-state index is 11.9. The number of carbonyl (C=O) groups excluding carboxylic acids is 1. The Hall–Kier alpha value is -1.06. The molecular weight excluding hydrogens is 230 g/mol. The van der Waals surface area contributed by atoms with Gasteiger partial charge in [0.25, 0.3) is 0 Å². The summed E-state index contributed by atoms with van der Waals surface area (Å²) in [4.78, 5) is 22.8. The van der Waals surface area contributed by atoms with E-state index in [2.05, 4.69) is 19.2 Å². The van der Waals surface area contributed by atoms with Gasteiger partial charge in [0.2, 0.25) is 5.91 Å². The summed E-state index contributed by atoms with van der Waals surface area (Å²) >= 11 is 0. The normalized spacial score (nSPS) is 24.9. The lowest BCUT2D eigenvalue weighted by molar-refractivity contribution is -0.140. The SMILES string of the molecule is CC(C)CCCCNC(=O)[C@H]1[C@@H](C(=O)O)C1(C)C. The van der Waals surface area contributed by atoms with Gasteiger partial charge in [-0.1, -0.05) is 40.5 Å². The summed E-state index contributed by atoms with van der Waals surface area (Å²) in [6.07, 6.45) is 3.24. The predicted molar refractivity (Wildman–Crippen MR) is 70.1 cm³/mol. The van der Waals surface area contributed by atoms with Crippen LogP contribution in [0.3, 0.4) is 0 Å². The van der Waals surface area contributed by atoms with E-state index in [0.29, 0.717) is 12.5 Å². The van der Waals surface area contributed by atoms with Gasteiger partial charge in [-0.3, -0.25) is 9.59 Å². The van der Waals surface area contributed by atoms with Crippen molar-refractivity contribution >= 4 is 11.9 Å². The number of carboxylic acids is 1. The Balaban J connectivity index is 2.25. The molecule has 4 heteroatoms. The Labute approximate surface area is 109 Å². The third-order valence-electron chi connectivity index (χ3n) is 3.88. The number of aliphatic carboxylic acids is 1. The number of amides is 1. The van der Waals surface area contributed by atoms with Crippen molar-refractivity contribution in [1.82, 2.24) is 5.32 Å². The molecule has 2 atom stereocenters. The van der Waals surface area contributed by atoms with Crippen LogP contribution in [-0.4, -0.2) is 23.5 Å². The van der Waals surface area contributed by atoms with Gasteiger partial charge in [0.05, 0.1) is 11.8 Å². The van der Waals surface area contributed by atoms with Crippen LogP contribution < -0.4 is 5.32 Å². The highest BCUT2D eigenvalue weighted by molar-refractivity contribution is 5.91. The molecule has 0 unspecified atom stereocenters. The van der Waals surface area contributed by atoms with E-state index in [1.54, 1.807) is 0 Å². The minimum atomic E-state index is -0.861. The van der Waals surface area contributed by atoms with E-state index in [0.717, 1.165) is 12.8 Å². The average Bonchev–Trinajstić information content (AvgIpc) is 2.80. The third-order valence-corrected chi connectivity index (χ3v) is 3.88. The quantitative estimate of drug-likeness (QED) is 0.686. The van der Waals surface area contributed by atoms with Crippen LogP contribution in [0, 0.1) is 23.2 Å². The van der Waals surface area contributed by atoms with E-state index >= 15 is 0 Å². The van der Waals surface area contributed by atoms with E-state index in [4.69, 9.17) is 5.11 Å². The molecule has 1 rings (SSSR count). The molecule has 18 heavy (non-hydrogen) atoms. The lowest BCUT2D eigenvalue weighted by Gasteiger charge is -2.07. The van der Waals surface area contributed by atoms with Crippen LogP contribution in [0.1, 0.15) is 47.0 Å². The van der Waals surface area contributed by atoms with Gasteiger partial charge in [-0.15, -0.1) is 0 Å². The molecule has 0 aromatic carbocycles. The minimum Gasteiger partial charge on any atom is -0.481 e. The highest BCUT2D eigenvalue weighted by Gasteiger charge is 2.65. The zero-order chi connectivity index (χ0) is 13.9. The number of unbranched alkanes of at least 4 members (excludes halogenated alkanes) is 1. The van der Waals surface area contributed by atoms with Gasteiger partial charge < -0.3 is 10.4 Å². The van der Waals surface area contributed by atoms with Crippen molar-refractivity contribution in [3.8, 4) is 0 Å². The zero-order valence-corrected chi connectivity index (χ0v) is 11.8. The van der Waals surface area contributed by atoms with E-state index in [-0.39, 0.29) is 11.8 Å². The van der Waals surface area contributed by atoms with Crippen LogP contribution in [0.25, 0.3) is 0 Å². The summed E-state index contributed by atoms with van der Waals surface area (Å²) in [5.74, 6) is -1.15. The zero-order valence-electron chi connectivity index (χ0n) is 11.8. The van der Waals surface area contributed by atoms with Gasteiger partial charge in [0.15, 0.2) is 0 Å². The lowest BCUT2D eigenvalue weighted by atomic mass is 10.1. The molecule has 0 saturated heterocycles. The first-order valence-electron chi connectivity index (χ1n) is 6.79. The molecule has 104 valence electrons. The van der Waals surface area contributed by atoms with Crippen molar-refractivity contribution in [3.63, 3.8) is 0 Å². The molecule has 1 fully saturated rings. The highest BCUT2D eigenvalue weighted by Crippen LogP contribution is 2.58. The molecule has 0 heterocycles. The Morgan fingerprint density at radius 3 is 2.28 bits per heavy atom. The molecule has 0 bridgehead atoms. The summed E-state index contributed by atoms with van der Waals surface area (Å²) in [5, 5.41) is 11.9. The van der Waals surface area contributed by atoms with Crippen LogP contribution in [0.2, 0.25) is 0 Å². The monoisotopic (exact) mass is 255 g/mol. The Kier molecular flexibility index (Phi) is 4.77. The molecule has 0 aromatic heterocycles. The maximum absolute atomic E-state index is 11.9. The van der Waals surface area contributed by atoms with E-state index in [1.165, 1.54) is 6.42 Å². The Morgan fingerprint density at radius 1 is 1.22 bits per heavy atom. The number of carboxylic acid groups (broad SMARTS) is 1. The molecule has 0 radical (unpaired) electrons. The molecule has 0 aliphatic heterocycles. The fourth-order valence-electron chi connectivity index (χ4n) is 2.59. The van der Waals surface area contributed by atoms with Crippen molar-refractivity contribution in [2.45, 2.75) is 47.0 Å². The highest BCUT2D eigenvalue weighted by atomic mass is 16.4. The van der Waals surface area contributed by atoms with Crippen molar-refractivity contribution in [2.75, 3.05) is 6.54 Å². The molecule has 1 aliphatic carbocycles. The molecule has 4 nitrogen and oxygen atoms in total. The fourth-order valence-corrected chi connectivity index (χ4v) is 2.59. The predicted octanol–water partition coefficient (Wildman–Crippen LogP) is 2.29. The number of nitrogens with one attached hydrogen (secondary N) is 1. The second kappa shape index (κ2) is 5.72. The van der Waals surface area contributed by atoms with Gasteiger partial charge in [0.1, 0.15) is 0 Å². The second-order valence-corrected chi connectivity index (χ2v) is 6.30. The lowest BCUT2D eigenvalue weighted by Crippen LogP contribution is -2.28. The number of hydrogen-bond donors (Lipinski definition) is 2. The first kappa shape index (κ1) is 15.0. The molecule has 1 saturated carbocycles. The smallest absolute Gasteiger partial charge is 0.307 e. The molecule has 0 aromatic rings. The summed E-state index contributed by atoms with van der Waals surface area (Å²) in [6.45, 7) is 8.71. The standard InChI is InChI=1S/C14H25NO3/c1-9(2)7-5-6-8-15-12(16)10-11(13(17)18)14(10,3)4/h9-11H,5-8H2,1-4H3,(H,15,16)(H,17,18)/t10-,11+/m1/s1. The first-order chi connectivity index (χ1) is 8.28. The fraction of sp³-hybridized carbons (Fsp3) is 0.857. The first-order valence-corrected chi connectivity index (χ1v) is 6.79. The van der Waals surface area contributed by atoms with Crippen molar-refractivity contribution < 1.29 is 14.7 Å². The summed E-state index contributed by atoms with van der Waals surface area (Å²) in [7, 11) is 0. The molecule has 2 N–H and O–H groups in total. The largest absolute Gasteiger partial charge is 0.481 e. The molecular formula is C14H25NO3. The van der Waals surface area contributed by atoms with Crippen LogP contribution in [0.15, 0.2) is 0 Å². The average molecular weight is 255 g/mol. The van der Waals surface area contributed by atoms with Crippen molar-refractivity contribution in [2.24, 2.45) is 23.2 Å². The molecule has 1 aliphatic rings. The minimum absolute atomic E-state index is 0.100. The van der Waals surface area contributed by atoms with E-state index in [1.807, 2.05) is 13.8 Å². The van der Waals surface area contributed by atoms with Crippen LogP contribution in [-0.2, 0) is 9.59 Å². The number of carbonyl (C=O) groups is 2. The summed E-state index contributed by atoms with van der Waals surface area (Å²) in [6, 6.07) is 0. The topological polar surface area (TPSA) is 66.4 Å². The van der Waals surface area contributed by atoms with Gasteiger partial charge >= 0.3 is 5.97 Å². The Bertz CT molecular complexity index is 323. The van der Waals surface area contributed by atoms with E-state index in [9.17, 15) is 9.59 Å². The van der Waals surface area contributed by atoms with Crippen LogP contribution >= 0.6 is 0 Å². The third kappa shape index (κ3) is 3.47. The number of rotatable bonds is 7. The van der Waals surface area contributed by atoms with Gasteiger partial charge in [-0.25, -0.2) is 0 Å². The van der Waals surface area contributed by atoms with Crippen molar-refractivity contribution in [3.05, 3.63) is 0 Å². The summed E-state index contributed by atoms with van der Waals surface area (Å²) in [5.41, 5.74) is -0.395. The van der Waals surface area contributed by atoms with Crippen LogP contribution in [0.4, 0.5) is 0 Å². The second-order valence-electron chi connectivity index (χ2n) is 6.30. The van der Waals surface area contributed by atoms with E-state index < -0.39 is 17.3 Å². The van der Waals surface area contributed by atoms with Crippen molar-refractivity contribution in [1.29, 1.82) is 0 Å². The molecule has 0 spiro atoms. The molecule has 1 amide bonds. The number of hydrogen-bond acceptors (Lipinski definition) is 2. The van der Waals surface area contributed by atoms with Gasteiger partial charge in [0, 0.05) is 6.54 Å². The maximum Gasteiger partial charge on any atom is 0.307 e. The van der Waals surface area contributed by atoms with Gasteiger partial charge in [-0.05, 0) is 17.8 Å².